The molecule has 3 fully saturated rings. The van der Waals surface area contributed by atoms with Gasteiger partial charge in [-0.15, -0.1) is 0 Å². The van der Waals surface area contributed by atoms with Crippen LogP contribution < -0.4 is 29.9 Å². The lowest BCUT2D eigenvalue weighted by molar-refractivity contribution is -0.142. The van der Waals surface area contributed by atoms with Crippen LogP contribution in [0.25, 0.3) is 10.9 Å². The fourth-order valence-corrected chi connectivity index (χ4v) is 12.6. The van der Waals surface area contributed by atoms with Crippen molar-refractivity contribution in [3.63, 3.8) is 0 Å². The minimum atomic E-state index is -3.82. The van der Waals surface area contributed by atoms with Crippen LogP contribution in [0.1, 0.15) is 83.0 Å². The molecule has 0 radical (unpaired) electrons. The maximum atomic E-state index is 14.3. The highest BCUT2D eigenvalue weighted by Crippen LogP contribution is 2.41. The van der Waals surface area contributed by atoms with E-state index in [4.69, 9.17) is 14.5 Å². The number of benzene rings is 2. The third-order valence-corrected chi connectivity index (χ3v) is 19.0. The number of sulfone groups is 1. The molecule has 4 aliphatic heterocycles. The Hall–Kier alpha value is -6.92. The number of nitrogens with one attached hydrogen (secondary N) is 3. The quantitative estimate of drug-likeness (QED) is 0.0829. The van der Waals surface area contributed by atoms with E-state index in [0.29, 0.717) is 106 Å². The van der Waals surface area contributed by atoms with Crippen molar-refractivity contribution in [3.05, 3.63) is 101 Å². The van der Waals surface area contributed by atoms with Crippen molar-refractivity contribution in [2.24, 2.45) is 0 Å². The van der Waals surface area contributed by atoms with Gasteiger partial charge in [0.15, 0.2) is 21.4 Å². The van der Waals surface area contributed by atoms with Crippen LogP contribution in [0.2, 0.25) is 0 Å². The van der Waals surface area contributed by atoms with Crippen LogP contribution in [0, 0.1) is 19.7 Å². The van der Waals surface area contributed by atoms with Crippen molar-refractivity contribution < 1.29 is 31.9 Å². The molecule has 3 atom stereocenters. The summed E-state index contributed by atoms with van der Waals surface area (Å²) in [6.45, 7) is 26.3. The van der Waals surface area contributed by atoms with Gasteiger partial charge in [0.1, 0.15) is 35.2 Å². The first kappa shape index (κ1) is 58.3. The first-order chi connectivity index (χ1) is 39.1. The fourth-order valence-electron chi connectivity index (χ4n) is 11.3. The summed E-state index contributed by atoms with van der Waals surface area (Å²) < 4.78 is 52.8. The van der Waals surface area contributed by atoms with Gasteiger partial charge in [-0.1, -0.05) is 26.0 Å². The van der Waals surface area contributed by atoms with Gasteiger partial charge < -0.3 is 34.8 Å². The Morgan fingerprint density at radius 1 is 0.866 bits per heavy atom. The van der Waals surface area contributed by atoms with Gasteiger partial charge in [0.05, 0.1) is 59.8 Å². The normalized spacial score (nSPS) is 20.1. The highest BCUT2D eigenvalue weighted by atomic mass is 32.2. The lowest BCUT2D eigenvalue weighted by Crippen LogP contribution is -2.64. The van der Waals surface area contributed by atoms with Gasteiger partial charge in [-0.3, -0.25) is 34.4 Å². The molecule has 438 valence electrons. The SMILES string of the molecule is Cc1[nH]nc(Nc2ncnc3cc(OCCCN4CCN(c5ncc(OCCN6CCN(C[C@H]7CN[C@H](C)CN7CC(=O)N7CC(C)(C)c8ncc(Cc9ccc(F)cc9)cc87)[C@H](C)C6=O)cn5)CC4)c(S(=O)(=O)C(C)(C)C)cc23)c1C. The number of pyridine rings is 1. The monoisotopic (exact) mass is 1140 g/mol. The molecular weight excluding hydrogens is 1070 g/mol. The number of aromatic amines is 1. The Morgan fingerprint density at radius 2 is 1.62 bits per heavy atom. The zero-order valence-corrected chi connectivity index (χ0v) is 49.5. The number of aryl methyl sites for hydroxylation is 1. The predicted molar refractivity (Wildman–Crippen MR) is 313 cm³/mol. The molecule has 4 aliphatic rings. The number of hydrogen-bond donors (Lipinski definition) is 3. The van der Waals surface area contributed by atoms with Crippen molar-refractivity contribution in [2.75, 3.05) is 113 Å². The highest BCUT2D eigenvalue weighted by Gasteiger charge is 2.42. The molecule has 23 heteroatoms. The second-order valence-electron chi connectivity index (χ2n) is 24.0. The number of carbonyl (C=O) groups excluding carboxylic acids is 2. The molecule has 4 aromatic heterocycles. The molecule has 2 amide bonds. The molecule has 21 nitrogen and oxygen atoms in total. The van der Waals surface area contributed by atoms with E-state index in [1.165, 1.54) is 18.5 Å². The molecule has 8 heterocycles. The zero-order chi connectivity index (χ0) is 58.1. The second-order valence-corrected chi connectivity index (χ2v) is 26.6. The van der Waals surface area contributed by atoms with Crippen molar-refractivity contribution in [1.82, 2.24) is 60.0 Å². The Balaban J connectivity index is 0.663. The molecule has 0 saturated carbocycles. The molecule has 0 bridgehead atoms. The van der Waals surface area contributed by atoms with Gasteiger partial charge in [0.25, 0.3) is 0 Å². The predicted octanol–water partition coefficient (Wildman–Crippen LogP) is 5.69. The van der Waals surface area contributed by atoms with Gasteiger partial charge in [0, 0.05) is 118 Å². The maximum Gasteiger partial charge on any atom is 0.241 e. The minimum Gasteiger partial charge on any atom is -0.492 e. The van der Waals surface area contributed by atoms with E-state index >= 15 is 0 Å². The number of carbonyl (C=O) groups is 2. The van der Waals surface area contributed by atoms with E-state index in [2.05, 4.69) is 87.2 Å². The number of fused-ring (bicyclic) bond motifs is 2. The number of ether oxygens (including phenoxy) is 2. The molecular formula is C59H78FN15O6S. The van der Waals surface area contributed by atoms with Gasteiger partial charge in [-0.05, 0) is 96.7 Å². The summed E-state index contributed by atoms with van der Waals surface area (Å²) in [4.78, 5) is 64.0. The van der Waals surface area contributed by atoms with Crippen molar-refractivity contribution in [2.45, 2.75) is 108 Å². The summed E-state index contributed by atoms with van der Waals surface area (Å²) in [5.41, 5.74) is 5.77. The van der Waals surface area contributed by atoms with E-state index in [0.717, 1.165) is 66.5 Å². The topological polar surface area (TPSA) is 223 Å². The van der Waals surface area contributed by atoms with Gasteiger partial charge >= 0.3 is 0 Å². The Kier molecular flexibility index (Phi) is 17.1. The molecule has 6 aromatic rings. The summed E-state index contributed by atoms with van der Waals surface area (Å²) >= 11 is 0. The number of rotatable bonds is 19. The molecule has 0 spiro atoms. The number of H-pyrrole nitrogens is 1. The molecule has 82 heavy (non-hydrogen) atoms. The Labute approximate surface area is 480 Å². The summed E-state index contributed by atoms with van der Waals surface area (Å²) in [5.74, 6) is 2.27. The number of nitrogens with zero attached hydrogens (tertiary/aromatic N) is 12. The number of amides is 2. The zero-order valence-electron chi connectivity index (χ0n) is 48.7. The van der Waals surface area contributed by atoms with Gasteiger partial charge in [-0.2, -0.15) is 5.10 Å². The smallest absolute Gasteiger partial charge is 0.241 e. The van der Waals surface area contributed by atoms with Crippen LogP contribution in [-0.4, -0.2) is 196 Å². The van der Waals surface area contributed by atoms with Crippen LogP contribution in [0.15, 0.2) is 72.3 Å². The van der Waals surface area contributed by atoms with Crippen LogP contribution >= 0.6 is 0 Å². The lowest BCUT2D eigenvalue weighted by Gasteiger charge is -2.45. The molecule has 10 rings (SSSR count). The van der Waals surface area contributed by atoms with Gasteiger partial charge in [-0.25, -0.2) is 32.7 Å². The number of aromatic nitrogens is 7. The highest BCUT2D eigenvalue weighted by molar-refractivity contribution is 7.92. The maximum absolute atomic E-state index is 14.3. The first-order valence-electron chi connectivity index (χ1n) is 28.5. The third kappa shape index (κ3) is 12.8. The minimum absolute atomic E-state index is 0.0281. The molecule has 3 N–H and O–H groups in total. The summed E-state index contributed by atoms with van der Waals surface area (Å²) in [6.07, 6.45) is 7.94. The summed E-state index contributed by atoms with van der Waals surface area (Å²) in [7, 11) is -3.82. The first-order valence-corrected chi connectivity index (χ1v) is 30.0. The van der Waals surface area contributed by atoms with E-state index in [1.807, 2.05) is 36.8 Å². The number of halogens is 1. The molecule has 0 aliphatic carbocycles. The molecule has 3 saturated heterocycles. The van der Waals surface area contributed by atoms with E-state index < -0.39 is 14.6 Å². The van der Waals surface area contributed by atoms with Crippen molar-refractivity contribution in [1.29, 1.82) is 0 Å². The Morgan fingerprint density at radius 3 is 2.34 bits per heavy atom. The third-order valence-electron chi connectivity index (χ3n) is 16.5. The number of hydrogen-bond acceptors (Lipinski definition) is 18. The van der Waals surface area contributed by atoms with Crippen LogP contribution in [0.5, 0.6) is 11.5 Å². The summed E-state index contributed by atoms with van der Waals surface area (Å²) in [5, 5.41) is 14.7. The van der Waals surface area contributed by atoms with E-state index in [1.54, 1.807) is 57.4 Å². The Bertz CT molecular complexity index is 3370. The number of piperazine rings is 3. The van der Waals surface area contributed by atoms with Crippen molar-refractivity contribution >= 4 is 55.8 Å². The second kappa shape index (κ2) is 24.1. The van der Waals surface area contributed by atoms with E-state index in [-0.39, 0.29) is 58.4 Å². The van der Waals surface area contributed by atoms with Crippen molar-refractivity contribution in [3.8, 4) is 11.5 Å². The molecule has 2 aromatic carbocycles. The fraction of sp³-hybridized carbons (Fsp3) is 0.525. The van der Waals surface area contributed by atoms with E-state index in [9.17, 15) is 22.4 Å². The van der Waals surface area contributed by atoms with Gasteiger partial charge in [0.2, 0.25) is 17.8 Å². The standard InChI is InChI=1S/C59H78FN15O6S/c1-38-33-74(35-52(76)75-36-59(8,9)53-49(75)26-43(29-62-53)25-42-11-13-44(60)14-12-42)45(30-61-38)34-73-21-20-71(56(77)41(73)4)22-24-80-46-31-63-57(64-32-46)72-18-16-70(17-19-72)15-10-23-81-50-28-48-47(27-51(50)82(78,79)58(5,6)7)55(66-37-65-48)67-54-39(2)40(3)68-69-54/h11-14,26-29,31-32,37-38,41,45,61H,10,15-25,30,33-36H2,1-9H3,(H2,65,66,67,68,69)/t38-,41-,45-/m1/s1. The average molecular weight is 1140 g/mol. The average Bonchev–Trinajstić information content (AvgIpc) is 4.11. The van der Waals surface area contributed by atoms with Crippen LogP contribution in [0.3, 0.4) is 0 Å². The van der Waals surface area contributed by atoms with Crippen LogP contribution in [-0.2, 0) is 31.3 Å². The number of anilines is 4. The largest absolute Gasteiger partial charge is 0.492 e. The lowest BCUT2D eigenvalue weighted by atomic mass is 9.91. The molecule has 0 unspecified atom stereocenters. The van der Waals surface area contributed by atoms with Crippen LogP contribution in [0.4, 0.5) is 27.7 Å². The summed E-state index contributed by atoms with van der Waals surface area (Å²) in [6, 6.07) is 11.7.